The molecule has 1 aromatic carbocycles. The molecule has 0 spiro atoms. The van der Waals surface area contributed by atoms with Gasteiger partial charge in [0, 0.05) is 5.56 Å². The van der Waals surface area contributed by atoms with Crippen LogP contribution in [0.5, 0.6) is 0 Å². The number of hydrogen-bond donors (Lipinski definition) is 1. The zero-order valence-corrected chi connectivity index (χ0v) is 21.8. The van der Waals surface area contributed by atoms with Gasteiger partial charge in [0.25, 0.3) is 0 Å². The maximum Gasteiger partial charge on any atom is 1.00 e. The second-order valence-corrected chi connectivity index (χ2v) is 8.09. The molecule has 0 fully saturated rings. The molecule has 0 heterocycles. The van der Waals surface area contributed by atoms with Crippen molar-refractivity contribution in [2.24, 2.45) is 0 Å². The van der Waals surface area contributed by atoms with Crippen LogP contribution in [-0.4, -0.2) is 6.54 Å². The van der Waals surface area contributed by atoms with Crippen molar-refractivity contribution >= 4 is 7.94 Å². The minimum absolute atomic E-state index is 0. The van der Waals surface area contributed by atoms with Gasteiger partial charge in [-0.15, -0.1) is 7.94 Å². The third kappa shape index (κ3) is 14.5. The van der Waals surface area contributed by atoms with Gasteiger partial charge in [0.15, 0.2) is 0 Å². The minimum atomic E-state index is -4.69. The van der Waals surface area contributed by atoms with Gasteiger partial charge in [0.2, 0.25) is 0 Å². The number of benzene rings is 1. The Kier molecular flexibility index (Phi) is 21.1. The molecule has 1 unspecified atom stereocenters. The quantitative estimate of drug-likeness (QED) is 0.206. The molecule has 0 aliphatic carbocycles. The van der Waals surface area contributed by atoms with E-state index in [1.165, 1.54) is 51.4 Å². The fraction of sp³-hybridized carbons (Fsp3) is 0.684. The third-order valence-electron chi connectivity index (χ3n) is 4.30. The van der Waals surface area contributed by atoms with Gasteiger partial charge in [-0.3, -0.25) is 5.32 Å². The van der Waals surface area contributed by atoms with Gasteiger partial charge < -0.3 is 14.7 Å². The first-order chi connectivity index (χ1) is 11.6. The fourth-order valence-corrected chi connectivity index (χ4v) is 3.79. The summed E-state index contributed by atoms with van der Waals surface area (Å²) < 4.78 is 0. The maximum atomic E-state index is 11.5. The van der Waals surface area contributed by atoms with Crippen LogP contribution in [0.1, 0.15) is 82.5 Å². The minimum Gasteiger partial charge on any atom is -0.686 e. The average molecular weight is 399 g/mol. The predicted octanol–water partition coefficient (Wildman–Crippen LogP) is -2.95. The Hall–Kier alpha value is 1.49. The van der Waals surface area contributed by atoms with Crippen molar-refractivity contribution in [2.75, 3.05) is 6.54 Å². The first-order valence-corrected chi connectivity index (χ1v) is 11.0. The Bertz CT molecular complexity index is 419. The zero-order chi connectivity index (χ0) is 17.7. The molecular weight excluding hydrogens is 367 g/mol. The van der Waals surface area contributed by atoms with Gasteiger partial charge in [-0.25, -0.2) is 0 Å². The second kappa shape index (κ2) is 18.5. The maximum absolute atomic E-state index is 11.5. The van der Waals surface area contributed by atoms with Crippen molar-refractivity contribution in [2.45, 2.75) is 76.9 Å². The molecule has 0 aromatic heterocycles. The molecule has 7 heteroatoms. The van der Waals surface area contributed by atoms with E-state index in [0.717, 1.165) is 12.8 Å². The Morgan fingerprint density at radius 1 is 0.769 bits per heavy atom. The molecule has 0 aliphatic heterocycles. The van der Waals surface area contributed by atoms with Crippen molar-refractivity contribution in [1.29, 1.82) is 0 Å². The normalized spacial score (nSPS) is 12.2. The molecule has 0 saturated carbocycles. The molecule has 1 atom stereocenters. The summed E-state index contributed by atoms with van der Waals surface area (Å²) in [6.45, 7) is 2.79. The molecule has 26 heavy (non-hydrogen) atoms. The van der Waals surface area contributed by atoms with Crippen molar-refractivity contribution in [1.82, 2.24) is 5.32 Å². The Labute approximate surface area is 204 Å². The number of hydrogen-bond acceptors (Lipinski definition) is 4. The summed E-state index contributed by atoms with van der Waals surface area (Å²) >= 11 is 0. The van der Waals surface area contributed by atoms with Crippen molar-refractivity contribution in [3.8, 4) is 0 Å². The third-order valence-corrected chi connectivity index (χ3v) is 5.41. The zero-order valence-electron chi connectivity index (χ0n) is 16.9. The molecule has 0 radical (unpaired) electrons. The van der Waals surface area contributed by atoms with E-state index >= 15 is 0 Å². The van der Waals surface area contributed by atoms with E-state index in [1.807, 2.05) is 6.07 Å². The largest absolute Gasteiger partial charge is 1.00 e. The first-order valence-electron chi connectivity index (χ1n) is 9.35. The van der Waals surface area contributed by atoms with Gasteiger partial charge in [-0.05, 0) is 13.0 Å². The molecule has 0 saturated heterocycles. The van der Waals surface area contributed by atoms with Gasteiger partial charge in [-0.2, -0.15) is 0 Å². The molecule has 4 nitrogen and oxygen atoms in total. The second-order valence-electron chi connectivity index (χ2n) is 6.49. The molecule has 138 valence electrons. The number of rotatable bonds is 14. The SMILES string of the molecule is CCCCCCCCCCCCNC(c1ccccc1)[P+]([O-])([O-])[O-].[Na+].[Na+]. The summed E-state index contributed by atoms with van der Waals surface area (Å²) in [6, 6.07) is 8.67. The van der Waals surface area contributed by atoms with Gasteiger partial charge in [0.1, 0.15) is 5.78 Å². The van der Waals surface area contributed by atoms with Crippen LogP contribution in [0.4, 0.5) is 0 Å². The van der Waals surface area contributed by atoms with Crippen molar-refractivity contribution in [3.05, 3.63) is 35.9 Å². The Morgan fingerprint density at radius 2 is 1.23 bits per heavy atom. The summed E-state index contributed by atoms with van der Waals surface area (Å²) in [5.41, 5.74) is 0.526. The van der Waals surface area contributed by atoms with Crippen LogP contribution in [0.25, 0.3) is 0 Å². The molecule has 1 rings (SSSR count). The van der Waals surface area contributed by atoms with E-state index in [-0.39, 0.29) is 59.1 Å². The van der Waals surface area contributed by atoms with E-state index in [1.54, 1.807) is 24.3 Å². The molecule has 0 bridgehead atoms. The molecular formula is C19H32NNa2O3P. The van der Waals surface area contributed by atoms with E-state index in [2.05, 4.69) is 12.2 Å². The molecule has 0 aliphatic rings. The summed E-state index contributed by atoms with van der Waals surface area (Å²) in [4.78, 5) is 34.4. The van der Waals surface area contributed by atoms with Crippen LogP contribution in [0.3, 0.4) is 0 Å². The fourth-order valence-electron chi connectivity index (χ4n) is 2.90. The van der Waals surface area contributed by atoms with E-state index in [9.17, 15) is 14.7 Å². The summed E-state index contributed by atoms with van der Waals surface area (Å²) in [5.74, 6) is -1.11. The number of nitrogens with one attached hydrogen (secondary N) is 1. The average Bonchev–Trinajstić information content (AvgIpc) is 2.55. The van der Waals surface area contributed by atoms with Crippen LogP contribution in [0.15, 0.2) is 30.3 Å². The topological polar surface area (TPSA) is 81.2 Å². The first kappa shape index (κ1) is 29.7. The van der Waals surface area contributed by atoms with Crippen molar-refractivity contribution in [3.63, 3.8) is 0 Å². The van der Waals surface area contributed by atoms with Crippen LogP contribution in [0.2, 0.25) is 0 Å². The number of unbranched alkanes of at least 4 members (excludes halogenated alkanes) is 9. The standard InChI is InChI=1S/C19H34NO3P.2Na/c1-2-3-4-5-6-7-8-9-10-14-17-20-19(24(21,22)23)18-15-12-11-13-16-18;;/h11-13,15-16,19-20H,2-10,14,17H2,1H3,(H2,21,22,23);;/q;2*+1/p-2. The summed E-state index contributed by atoms with van der Waals surface area (Å²) in [7, 11) is -4.69. The Morgan fingerprint density at radius 3 is 1.69 bits per heavy atom. The predicted molar refractivity (Wildman–Crippen MR) is 95.9 cm³/mol. The monoisotopic (exact) mass is 399 g/mol. The summed E-state index contributed by atoms with van der Waals surface area (Å²) in [6.07, 6.45) is 12.3. The van der Waals surface area contributed by atoms with Gasteiger partial charge in [0.05, 0.1) is 0 Å². The molecule has 0 amide bonds. The van der Waals surface area contributed by atoms with Crippen LogP contribution < -0.4 is 79.1 Å². The van der Waals surface area contributed by atoms with E-state index in [0.29, 0.717) is 12.1 Å². The van der Waals surface area contributed by atoms with Crippen LogP contribution in [0, 0.1) is 0 Å². The smallest absolute Gasteiger partial charge is 0.686 e. The van der Waals surface area contributed by atoms with Crippen LogP contribution >= 0.6 is 7.94 Å². The van der Waals surface area contributed by atoms with Crippen molar-refractivity contribution < 1.29 is 73.8 Å². The molecule has 1 N–H and O–H groups in total. The van der Waals surface area contributed by atoms with Gasteiger partial charge >= 0.3 is 59.1 Å². The Balaban J connectivity index is 0. The molecule has 1 aromatic rings. The van der Waals surface area contributed by atoms with E-state index < -0.39 is 13.7 Å². The van der Waals surface area contributed by atoms with E-state index in [4.69, 9.17) is 0 Å². The summed E-state index contributed by atoms with van der Waals surface area (Å²) in [5, 5.41) is 2.91. The van der Waals surface area contributed by atoms with Crippen LogP contribution in [-0.2, 0) is 0 Å². The van der Waals surface area contributed by atoms with Gasteiger partial charge in [-0.1, -0.05) is 95.0 Å².